The van der Waals surface area contributed by atoms with E-state index in [9.17, 15) is 18.8 Å². The first kappa shape index (κ1) is 22.2. The summed E-state index contributed by atoms with van der Waals surface area (Å²) >= 11 is 7.29. The summed E-state index contributed by atoms with van der Waals surface area (Å²) in [7, 11) is 1.61. The zero-order valence-electron chi connectivity index (χ0n) is 16.8. The highest BCUT2D eigenvalue weighted by molar-refractivity contribution is 7.16. The number of carbonyl (C=O) groups is 3. The standard InChI is InChI=1S/C21H23ClFN3O3S/c1-3-4-11-21(14-5-7-15(23)8-6-14)19(28)26(20(29)24-21)13-18(27)25(2)12-16-9-10-17(22)30-16/h5-10H,3-4,11-13H2,1-2H3,(H,24,29). The van der Waals surface area contributed by atoms with Crippen molar-refractivity contribution in [1.29, 1.82) is 0 Å². The van der Waals surface area contributed by atoms with Gasteiger partial charge in [0.1, 0.15) is 17.9 Å². The number of benzene rings is 1. The van der Waals surface area contributed by atoms with Crippen LogP contribution in [-0.4, -0.2) is 41.2 Å². The molecule has 0 bridgehead atoms. The minimum absolute atomic E-state index is 0.332. The average Bonchev–Trinajstić information content (AvgIpc) is 3.23. The van der Waals surface area contributed by atoms with Crippen molar-refractivity contribution < 1.29 is 18.8 Å². The number of thiophene rings is 1. The molecule has 2 heterocycles. The summed E-state index contributed by atoms with van der Waals surface area (Å²) < 4.78 is 14.0. The van der Waals surface area contributed by atoms with Crippen molar-refractivity contribution in [2.24, 2.45) is 0 Å². The maximum Gasteiger partial charge on any atom is 0.325 e. The second kappa shape index (κ2) is 9.14. The quantitative estimate of drug-likeness (QED) is 0.613. The van der Waals surface area contributed by atoms with Crippen LogP contribution >= 0.6 is 22.9 Å². The highest BCUT2D eigenvalue weighted by Gasteiger charge is 2.52. The van der Waals surface area contributed by atoms with Crippen LogP contribution in [0.25, 0.3) is 0 Å². The summed E-state index contributed by atoms with van der Waals surface area (Å²) in [4.78, 5) is 41.9. The van der Waals surface area contributed by atoms with Gasteiger partial charge < -0.3 is 10.2 Å². The van der Waals surface area contributed by atoms with Gasteiger partial charge in [-0.25, -0.2) is 9.18 Å². The number of hydrogen-bond donors (Lipinski definition) is 1. The second-order valence-electron chi connectivity index (χ2n) is 7.29. The van der Waals surface area contributed by atoms with Crippen LogP contribution in [0.5, 0.6) is 0 Å². The number of unbranched alkanes of at least 4 members (excludes halogenated alkanes) is 1. The molecule has 0 radical (unpaired) electrons. The number of nitrogens with zero attached hydrogens (tertiary/aromatic N) is 2. The van der Waals surface area contributed by atoms with Gasteiger partial charge >= 0.3 is 6.03 Å². The molecule has 1 unspecified atom stereocenters. The Bertz CT molecular complexity index is 949. The highest BCUT2D eigenvalue weighted by Crippen LogP contribution is 2.34. The van der Waals surface area contributed by atoms with Gasteiger partial charge in [-0.15, -0.1) is 11.3 Å². The van der Waals surface area contributed by atoms with E-state index in [1.807, 2.05) is 13.0 Å². The molecule has 1 aliphatic rings. The Labute approximate surface area is 183 Å². The van der Waals surface area contributed by atoms with Gasteiger partial charge in [-0.2, -0.15) is 0 Å². The third kappa shape index (κ3) is 4.49. The summed E-state index contributed by atoms with van der Waals surface area (Å²) in [6.45, 7) is 1.95. The lowest BCUT2D eigenvalue weighted by molar-refractivity contribution is -0.139. The summed E-state index contributed by atoms with van der Waals surface area (Å²) in [5.74, 6) is -1.29. The molecule has 1 atom stereocenters. The van der Waals surface area contributed by atoms with Gasteiger partial charge in [-0.05, 0) is 36.2 Å². The molecule has 1 saturated heterocycles. The molecule has 0 aliphatic carbocycles. The number of nitrogens with one attached hydrogen (secondary N) is 1. The fourth-order valence-electron chi connectivity index (χ4n) is 3.47. The maximum atomic E-state index is 13.4. The summed E-state index contributed by atoms with van der Waals surface area (Å²) in [5, 5.41) is 2.76. The molecular formula is C21H23ClFN3O3S. The molecule has 0 spiro atoms. The molecule has 1 aliphatic heterocycles. The molecule has 6 nitrogen and oxygen atoms in total. The topological polar surface area (TPSA) is 69.7 Å². The fourth-order valence-corrected chi connectivity index (χ4v) is 4.61. The molecule has 1 aromatic carbocycles. The van der Waals surface area contributed by atoms with E-state index >= 15 is 0 Å². The van der Waals surface area contributed by atoms with Gasteiger partial charge in [0.15, 0.2) is 0 Å². The van der Waals surface area contributed by atoms with Crippen molar-refractivity contribution >= 4 is 40.8 Å². The van der Waals surface area contributed by atoms with Crippen LogP contribution in [0, 0.1) is 5.82 Å². The molecule has 1 N–H and O–H groups in total. The van der Waals surface area contributed by atoms with Crippen molar-refractivity contribution in [3.05, 3.63) is 57.0 Å². The van der Waals surface area contributed by atoms with Crippen molar-refractivity contribution in [3.8, 4) is 0 Å². The van der Waals surface area contributed by atoms with Crippen LogP contribution < -0.4 is 5.32 Å². The largest absolute Gasteiger partial charge is 0.339 e. The van der Waals surface area contributed by atoms with Gasteiger partial charge in [-0.1, -0.05) is 43.5 Å². The van der Waals surface area contributed by atoms with E-state index in [2.05, 4.69) is 5.32 Å². The molecule has 1 fully saturated rings. The number of urea groups is 1. The Hall–Kier alpha value is -2.45. The smallest absolute Gasteiger partial charge is 0.325 e. The molecule has 2 aromatic rings. The molecule has 4 amide bonds. The van der Waals surface area contributed by atoms with E-state index in [1.54, 1.807) is 13.1 Å². The monoisotopic (exact) mass is 451 g/mol. The zero-order chi connectivity index (χ0) is 21.9. The van der Waals surface area contributed by atoms with Crippen LogP contribution in [-0.2, 0) is 21.7 Å². The van der Waals surface area contributed by atoms with Crippen LogP contribution in [0.3, 0.4) is 0 Å². The summed E-state index contributed by atoms with van der Waals surface area (Å²) in [6.07, 6.45) is 1.87. The highest BCUT2D eigenvalue weighted by atomic mass is 35.5. The Balaban J connectivity index is 1.78. The van der Waals surface area contributed by atoms with Crippen molar-refractivity contribution in [2.45, 2.75) is 38.3 Å². The number of halogens is 2. The lowest BCUT2D eigenvalue weighted by Gasteiger charge is -2.27. The molecule has 0 saturated carbocycles. The van der Waals surface area contributed by atoms with E-state index in [1.165, 1.54) is 40.5 Å². The first-order valence-electron chi connectivity index (χ1n) is 9.65. The molecule has 9 heteroatoms. The predicted octanol–water partition coefficient (Wildman–Crippen LogP) is 4.14. The van der Waals surface area contributed by atoms with Crippen molar-refractivity contribution in [1.82, 2.24) is 15.1 Å². The van der Waals surface area contributed by atoms with Gasteiger partial charge in [0, 0.05) is 11.9 Å². The number of hydrogen-bond acceptors (Lipinski definition) is 4. The lowest BCUT2D eigenvalue weighted by atomic mass is 9.85. The van der Waals surface area contributed by atoms with Gasteiger partial charge in [-0.3, -0.25) is 14.5 Å². The van der Waals surface area contributed by atoms with E-state index in [-0.39, 0.29) is 12.5 Å². The third-order valence-corrected chi connectivity index (χ3v) is 6.37. The minimum atomic E-state index is -1.29. The van der Waals surface area contributed by atoms with Crippen LogP contribution in [0.1, 0.15) is 36.6 Å². The average molecular weight is 452 g/mol. The SMILES string of the molecule is CCCCC1(c2ccc(F)cc2)NC(=O)N(CC(=O)N(C)Cc2ccc(Cl)s2)C1=O. The fraction of sp³-hybridized carbons (Fsp3) is 0.381. The predicted molar refractivity (Wildman–Crippen MR) is 114 cm³/mol. The van der Waals surface area contributed by atoms with Crippen molar-refractivity contribution in [3.63, 3.8) is 0 Å². The lowest BCUT2D eigenvalue weighted by Crippen LogP contribution is -2.45. The number of rotatable bonds is 8. The normalized spacial score (nSPS) is 18.6. The van der Waals surface area contributed by atoms with E-state index in [0.29, 0.717) is 29.3 Å². The van der Waals surface area contributed by atoms with Crippen molar-refractivity contribution in [2.75, 3.05) is 13.6 Å². The minimum Gasteiger partial charge on any atom is -0.339 e. The Morgan fingerprint density at radius 2 is 1.93 bits per heavy atom. The molecule has 30 heavy (non-hydrogen) atoms. The first-order chi connectivity index (χ1) is 14.3. The maximum absolute atomic E-state index is 13.4. The van der Waals surface area contributed by atoms with E-state index in [4.69, 9.17) is 11.6 Å². The van der Waals surface area contributed by atoms with Gasteiger partial charge in [0.2, 0.25) is 5.91 Å². The molecule has 3 rings (SSSR count). The number of amides is 4. The summed E-state index contributed by atoms with van der Waals surface area (Å²) in [5.41, 5.74) is -0.784. The Morgan fingerprint density at radius 1 is 1.23 bits per heavy atom. The van der Waals surface area contributed by atoms with Crippen LogP contribution in [0.4, 0.5) is 9.18 Å². The second-order valence-corrected chi connectivity index (χ2v) is 9.09. The molecule has 160 valence electrons. The number of imide groups is 1. The number of likely N-dealkylation sites (N-methyl/N-ethyl adjacent to an activating group) is 1. The third-order valence-electron chi connectivity index (χ3n) is 5.16. The Kier molecular flexibility index (Phi) is 6.77. The van der Waals surface area contributed by atoms with Crippen LogP contribution in [0.2, 0.25) is 4.34 Å². The molecular weight excluding hydrogens is 429 g/mol. The summed E-state index contributed by atoms with van der Waals surface area (Å²) in [6, 6.07) is 8.48. The van der Waals surface area contributed by atoms with E-state index < -0.39 is 23.3 Å². The van der Waals surface area contributed by atoms with Gasteiger partial charge in [0.05, 0.1) is 10.9 Å². The van der Waals surface area contributed by atoms with Crippen LogP contribution in [0.15, 0.2) is 36.4 Å². The van der Waals surface area contributed by atoms with Gasteiger partial charge in [0.25, 0.3) is 5.91 Å². The number of carbonyl (C=O) groups excluding carboxylic acids is 3. The van der Waals surface area contributed by atoms with E-state index in [0.717, 1.165) is 16.2 Å². The first-order valence-corrected chi connectivity index (χ1v) is 10.8. The zero-order valence-corrected chi connectivity index (χ0v) is 18.4. The molecule has 1 aromatic heterocycles. The Morgan fingerprint density at radius 3 is 2.53 bits per heavy atom.